The molecule has 0 radical (unpaired) electrons. The smallest absolute Gasteiger partial charge is 0.335 e. The second-order valence-corrected chi connectivity index (χ2v) is 4.78. The number of hydrogen-bond donors (Lipinski definition) is 1. The van der Waals surface area contributed by atoms with E-state index >= 15 is 0 Å². The predicted octanol–water partition coefficient (Wildman–Crippen LogP) is 3.87. The molecule has 2 rings (SSSR count). The SMILES string of the molecule is O=C(O)c1ccc(OCc2cccc(Br)c2)c(F)c1. The molecule has 0 amide bonds. The van der Waals surface area contributed by atoms with Gasteiger partial charge in [-0.05, 0) is 35.9 Å². The number of carboxylic acid groups (broad SMARTS) is 1. The number of aromatic carboxylic acids is 1. The van der Waals surface area contributed by atoms with E-state index in [1.54, 1.807) is 0 Å². The first-order chi connectivity index (χ1) is 9.06. The van der Waals surface area contributed by atoms with Crippen molar-refractivity contribution in [2.45, 2.75) is 6.61 Å². The molecule has 98 valence electrons. The molecule has 2 aromatic carbocycles. The maximum absolute atomic E-state index is 13.6. The normalized spacial score (nSPS) is 10.2. The summed E-state index contributed by atoms with van der Waals surface area (Å²) in [5.74, 6) is -1.82. The standard InChI is InChI=1S/C14H10BrFO3/c15-11-3-1-2-9(6-11)8-19-13-5-4-10(14(17)18)7-12(13)16/h1-7H,8H2,(H,17,18). The molecule has 0 saturated carbocycles. The molecule has 0 saturated heterocycles. The van der Waals surface area contributed by atoms with Gasteiger partial charge in [0.05, 0.1) is 5.56 Å². The predicted molar refractivity (Wildman–Crippen MR) is 71.8 cm³/mol. The Morgan fingerprint density at radius 1 is 1.26 bits per heavy atom. The van der Waals surface area contributed by atoms with E-state index in [1.165, 1.54) is 12.1 Å². The number of carbonyl (C=O) groups is 1. The van der Waals surface area contributed by atoms with Gasteiger partial charge in [-0.2, -0.15) is 0 Å². The molecule has 0 unspecified atom stereocenters. The van der Waals surface area contributed by atoms with Crippen LogP contribution >= 0.6 is 15.9 Å². The van der Waals surface area contributed by atoms with Crippen LogP contribution in [-0.2, 0) is 6.61 Å². The van der Waals surface area contributed by atoms with Gasteiger partial charge in [0.1, 0.15) is 6.61 Å². The molecule has 2 aromatic rings. The van der Waals surface area contributed by atoms with E-state index < -0.39 is 11.8 Å². The molecule has 1 N–H and O–H groups in total. The first-order valence-electron chi connectivity index (χ1n) is 5.46. The summed E-state index contributed by atoms with van der Waals surface area (Å²) < 4.78 is 19.8. The lowest BCUT2D eigenvalue weighted by Gasteiger charge is -2.08. The van der Waals surface area contributed by atoms with Crippen molar-refractivity contribution in [3.8, 4) is 5.75 Å². The maximum atomic E-state index is 13.6. The van der Waals surface area contributed by atoms with Crippen LogP contribution in [0.5, 0.6) is 5.75 Å². The third kappa shape index (κ3) is 3.54. The highest BCUT2D eigenvalue weighted by Crippen LogP contribution is 2.20. The van der Waals surface area contributed by atoms with Crippen molar-refractivity contribution < 1.29 is 19.0 Å². The first kappa shape index (κ1) is 13.5. The van der Waals surface area contributed by atoms with Gasteiger partial charge in [-0.15, -0.1) is 0 Å². The van der Waals surface area contributed by atoms with Crippen LogP contribution in [0.1, 0.15) is 15.9 Å². The Hall–Kier alpha value is -1.88. The lowest BCUT2D eigenvalue weighted by molar-refractivity contribution is 0.0696. The van der Waals surface area contributed by atoms with Gasteiger partial charge in [-0.1, -0.05) is 28.1 Å². The van der Waals surface area contributed by atoms with Crippen molar-refractivity contribution in [3.63, 3.8) is 0 Å². The summed E-state index contributed by atoms with van der Waals surface area (Å²) in [6.07, 6.45) is 0. The second-order valence-electron chi connectivity index (χ2n) is 3.87. The average Bonchev–Trinajstić information content (AvgIpc) is 2.37. The quantitative estimate of drug-likeness (QED) is 0.928. The van der Waals surface area contributed by atoms with Crippen molar-refractivity contribution in [2.24, 2.45) is 0 Å². The highest BCUT2D eigenvalue weighted by Gasteiger charge is 2.09. The Kier molecular flexibility index (Phi) is 4.16. The summed E-state index contributed by atoms with van der Waals surface area (Å²) >= 11 is 3.33. The van der Waals surface area contributed by atoms with Crippen molar-refractivity contribution in [1.29, 1.82) is 0 Å². The van der Waals surface area contributed by atoms with Gasteiger partial charge in [0.2, 0.25) is 0 Å². The topological polar surface area (TPSA) is 46.5 Å². The van der Waals surface area contributed by atoms with Crippen LogP contribution in [0.15, 0.2) is 46.9 Å². The molecule has 0 aliphatic carbocycles. The van der Waals surface area contributed by atoms with E-state index in [2.05, 4.69) is 15.9 Å². The maximum Gasteiger partial charge on any atom is 0.335 e. The van der Waals surface area contributed by atoms with E-state index in [4.69, 9.17) is 9.84 Å². The monoisotopic (exact) mass is 324 g/mol. The third-order valence-corrected chi connectivity index (χ3v) is 2.96. The minimum atomic E-state index is -1.17. The molecule has 5 heteroatoms. The van der Waals surface area contributed by atoms with Crippen molar-refractivity contribution >= 4 is 21.9 Å². The fourth-order valence-corrected chi connectivity index (χ4v) is 1.99. The van der Waals surface area contributed by atoms with Crippen LogP contribution in [0.3, 0.4) is 0 Å². The van der Waals surface area contributed by atoms with Crippen LogP contribution < -0.4 is 4.74 Å². The van der Waals surface area contributed by atoms with Gasteiger partial charge in [0, 0.05) is 4.47 Å². The zero-order chi connectivity index (χ0) is 13.8. The Balaban J connectivity index is 2.10. The summed E-state index contributed by atoms with van der Waals surface area (Å²) in [7, 11) is 0. The largest absolute Gasteiger partial charge is 0.486 e. The number of ether oxygens (including phenoxy) is 1. The van der Waals surface area contributed by atoms with E-state index in [0.717, 1.165) is 16.1 Å². The summed E-state index contributed by atoms with van der Waals surface area (Å²) in [5, 5.41) is 8.73. The van der Waals surface area contributed by atoms with Crippen LogP contribution in [0.2, 0.25) is 0 Å². The van der Waals surface area contributed by atoms with Gasteiger partial charge < -0.3 is 9.84 Å². The first-order valence-corrected chi connectivity index (χ1v) is 6.25. The molecule has 0 heterocycles. The molecule has 0 aromatic heterocycles. The van der Waals surface area contributed by atoms with Crippen molar-refractivity contribution in [2.75, 3.05) is 0 Å². The Labute approximate surface area is 117 Å². The number of hydrogen-bond acceptors (Lipinski definition) is 2. The summed E-state index contributed by atoms with van der Waals surface area (Å²) in [5.41, 5.74) is 0.781. The average molecular weight is 325 g/mol. The molecule has 0 bridgehead atoms. The van der Waals surface area contributed by atoms with Crippen LogP contribution in [0.25, 0.3) is 0 Å². The van der Waals surface area contributed by atoms with Gasteiger partial charge in [0.25, 0.3) is 0 Å². The number of benzene rings is 2. The molecule has 0 atom stereocenters. The van der Waals surface area contributed by atoms with Crippen LogP contribution in [-0.4, -0.2) is 11.1 Å². The van der Waals surface area contributed by atoms with Crippen LogP contribution in [0.4, 0.5) is 4.39 Å². The summed E-state index contributed by atoms with van der Waals surface area (Å²) in [6, 6.07) is 11.0. The lowest BCUT2D eigenvalue weighted by Crippen LogP contribution is -2.01. The highest BCUT2D eigenvalue weighted by atomic mass is 79.9. The molecular weight excluding hydrogens is 315 g/mol. The van der Waals surface area contributed by atoms with Gasteiger partial charge in [-0.3, -0.25) is 0 Å². The van der Waals surface area contributed by atoms with Gasteiger partial charge >= 0.3 is 5.97 Å². The molecule has 0 spiro atoms. The molecular formula is C14H10BrFO3. The number of halogens is 2. The Morgan fingerprint density at radius 3 is 2.68 bits per heavy atom. The van der Waals surface area contributed by atoms with Crippen LogP contribution in [0, 0.1) is 5.82 Å². The minimum absolute atomic E-state index is 0.0324. The molecule has 0 fully saturated rings. The zero-order valence-electron chi connectivity index (χ0n) is 9.77. The molecule has 19 heavy (non-hydrogen) atoms. The molecule has 0 aliphatic heterocycles. The molecule has 3 nitrogen and oxygen atoms in total. The highest BCUT2D eigenvalue weighted by molar-refractivity contribution is 9.10. The minimum Gasteiger partial charge on any atom is -0.486 e. The fraction of sp³-hybridized carbons (Fsp3) is 0.0714. The van der Waals surface area contributed by atoms with Gasteiger partial charge in [0.15, 0.2) is 11.6 Å². The van der Waals surface area contributed by atoms with Crippen molar-refractivity contribution in [1.82, 2.24) is 0 Å². The Bertz CT molecular complexity index is 613. The second kappa shape index (κ2) is 5.84. The number of carboxylic acids is 1. The summed E-state index contributed by atoms with van der Waals surface area (Å²) in [4.78, 5) is 10.7. The van der Waals surface area contributed by atoms with E-state index in [0.29, 0.717) is 0 Å². The van der Waals surface area contributed by atoms with Crippen molar-refractivity contribution in [3.05, 3.63) is 63.9 Å². The van der Waals surface area contributed by atoms with E-state index in [9.17, 15) is 9.18 Å². The lowest BCUT2D eigenvalue weighted by atomic mass is 10.2. The van der Waals surface area contributed by atoms with Gasteiger partial charge in [-0.25, -0.2) is 9.18 Å². The third-order valence-electron chi connectivity index (χ3n) is 2.46. The van der Waals surface area contributed by atoms with E-state index in [1.807, 2.05) is 24.3 Å². The fourth-order valence-electron chi connectivity index (χ4n) is 1.54. The van der Waals surface area contributed by atoms with E-state index in [-0.39, 0.29) is 17.9 Å². The summed E-state index contributed by atoms with van der Waals surface area (Å²) in [6.45, 7) is 0.211. The Morgan fingerprint density at radius 2 is 2.05 bits per heavy atom. The zero-order valence-corrected chi connectivity index (χ0v) is 11.4. The molecule has 0 aliphatic rings. The number of rotatable bonds is 4.